The van der Waals surface area contributed by atoms with Gasteiger partial charge in [-0.3, -0.25) is 0 Å². The van der Waals surface area contributed by atoms with Crippen LogP contribution in [0, 0.1) is 453 Å². The molecule has 0 aromatic heterocycles. The van der Waals surface area contributed by atoms with Crippen LogP contribution in [0.15, 0.2) is 0 Å². The van der Waals surface area contributed by atoms with Crippen LogP contribution in [-0.4, -0.2) is 0 Å². The van der Waals surface area contributed by atoms with Crippen molar-refractivity contribution in [2.75, 3.05) is 0 Å². The van der Waals surface area contributed by atoms with Gasteiger partial charge in [-0.1, -0.05) is 0 Å². The van der Waals surface area contributed by atoms with E-state index in [2.05, 4.69) is 0 Å². The number of rotatable bonds is 0. The quantitative estimate of drug-likeness (QED) is 0.205. The predicted octanol–water partition coefficient (Wildman–Crippen LogP) is 33.2. The summed E-state index contributed by atoms with van der Waals surface area (Å²) in [5, 5.41) is 0. The van der Waals surface area contributed by atoms with E-state index in [0.717, 1.165) is 0 Å². The Morgan fingerprint density at radius 3 is 0.0506 bits per heavy atom. The summed E-state index contributed by atoms with van der Waals surface area (Å²) in [5.41, 5.74) is 0. The molecule has 0 aliphatic heterocycles. The second-order valence-corrected chi connectivity index (χ2v) is 0. The third kappa shape index (κ3) is 15500. The van der Waals surface area contributed by atoms with Crippen molar-refractivity contribution in [3.05, 3.63) is 502 Å². The summed E-state index contributed by atoms with van der Waals surface area (Å²) in [6.45, 7) is 0. The average molecular weight is 2950 g/mol. The zero-order valence-corrected chi connectivity index (χ0v) is 94.6. The molecule has 79 heavy (non-hydrogen) atoms. The molecule has 0 fully saturated rings. The summed E-state index contributed by atoms with van der Waals surface area (Å²) in [6, 6.07) is 0. The smallest absolute Gasteiger partial charge is 0.693 e. The topological polar surface area (TPSA) is 268 Å². The first-order valence-corrected chi connectivity index (χ1v) is 0. The Balaban J connectivity index is 0. The van der Waals surface area contributed by atoms with Crippen LogP contribution in [0.3, 0.4) is 0 Å². The molecule has 0 amide bonds. The maximum atomic E-state index is 0. The Hall–Kier alpha value is 6.04. The maximum Gasteiger partial charge on any atom is 7.00 e. The van der Waals surface area contributed by atoms with Crippen molar-refractivity contribution in [1.29, 1.82) is 0 Å². The molecule has 16 N–H and O–H groups in total. The largest absolute Gasteiger partial charge is 7.00 e. The molecule has 8 nitrogen and oxygen atoms in total. The van der Waals surface area contributed by atoms with Gasteiger partial charge in [0, 0.05) is 0 Å². The van der Waals surface area contributed by atoms with E-state index < -0.39 is 0 Å². The summed E-state index contributed by atoms with van der Waals surface area (Å²) in [5.74, 6) is 0. The summed E-state index contributed by atoms with van der Waals surface area (Å²) < 4.78 is 0. The van der Waals surface area contributed by atoms with Gasteiger partial charge >= 0.3 is 198 Å². The van der Waals surface area contributed by atoms with E-state index in [-0.39, 0.29) is 700 Å². The number of hydrogen-bond acceptors (Lipinski definition) is 0. The molecule has 0 bridgehead atoms. The fraction of sp³-hybridized carbons (Fsp3) is 0. The monoisotopic (exact) mass is 2960 g/mol. The molecular weight excluding hydrogens is 2750 g/mol. The van der Waals surface area contributed by atoms with Crippen molar-refractivity contribution in [3.8, 4) is 0 Å². The first-order valence-electron chi connectivity index (χ1n) is 0. The van der Waals surface area contributed by atoms with Gasteiger partial charge in [0.15, 0.2) is 0 Å². The van der Waals surface area contributed by atoms with Crippen molar-refractivity contribution >= 4 is 0 Å². The Morgan fingerprint density at radius 1 is 0.0506 bits per heavy atom. The first-order chi connectivity index (χ1) is 0. The molecule has 9 radical (unpaired) electrons. The average Bonchev–Trinajstić information content (AvgIpc) is 0. The van der Waals surface area contributed by atoms with Gasteiger partial charge in [0.25, 0.3) is 0 Å². The van der Waals surface area contributed by atoms with Gasteiger partial charge in [0.05, 0.1) is 0 Å². The van der Waals surface area contributed by atoms with Crippen LogP contribution >= 0.6 is 0 Å². The van der Waals surface area contributed by atoms with E-state index in [1.54, 1.807) is 0 Å². The minimum atomic E-state index is 0. The van der Waals surface area contributed by atoms with Crippen molar-refractivity contribution in [2.45, 2.75) is 0 Å². The fourth-order valence-corrected chi connectivity index (χ4v) is 0. The van der Waals surface area contributed by atoms with Crippen LogP contribution < -0.4 is 0 Å². The van der Waals surface area contributed by atoms with E-state index >= 15 is 0 Å². The normalized spacial score (nSPS) is 0. The Morgan fingerprint density at radius 2 is 0.0506 bits per heavy atom. The molecule has 0 heterocycles. The molecule has 18 heteroatoms. The number of hydrogen-bond donors (Lipinski definition) is 0. The van der Waals surface area contributed by atoms with Crippen molar-refractivity contribution in [1.82, 2.24) is 0 Å². The van der Waals surface area contributed by atoms with E-state index in [4.69, 9.17) is 0 Å². The minimum Gasteiger partial charge on any atom is -0.693 e. The SMILES string of the molecule is [CH3-].[CH3-].[CH3-].[CH3-].[CH3-].[CH3-].[CH3-].[CH3-].[CH3-].[CH3-].[CH3-].[CH3-].[CH3-].[CH3-].[CH3-].[CH3-].[CH3-].[CH3-].[CH3-].[CH3-].[CH3-].[CH3-].[CH3-].[CH3-].[CH3-].[CH3-].[CH3-].[CH3-].[CH3-].[CH3-].[CH3-].[CH3-].[CH3-].[CH3-].[CH3-].[CH3-].[CH3-].[CH3-].[CH3-].[CH3-].[CH3-].[CH3-].[CH3-].[CH3-].[CH3-].[CH3-].[CH3-].[CH3-].[CH3-].[CH3-].[CH3-].[CH3-].[CH3-].[CH3-].[CH3-].[CH3-].[CH3-].[CH3-].[CH3-].[CH3-].[CH3-].[NH2-].[NH2-].[NH2-].[NH2-].[NH2-].[NH2-].[NH2-].[NH2-].[Os+6].[Os+7].[Os+7].[Os+7].[Os+7].[Os+7].[Os+7].[Os+7].[Os+7].[Os+7]. The zero-order chi connectivity index (χ0) is 0. The van der Waals surface area contributed by atoms with Gasteiger partial charge in [-0.2, -0.15) is 0 Å². The van der Waals surface area contributed by atoms with Crippen LogP contribution in [0.4, 0.5) is 0 Å². The fourth-order valence-electron chi connectivity index (χ4n) is 0. The number of nitrogens with two attached hydrogens (primary N) is 8. The standard InChI is InChI=1S/61CH3.8H2N.10Os/h61*1H3;8*1H2;;;;;;;;;;/q69*-1;+6;9*+7. The molecule has 563 valence electrons. The molecular formula is C61H199N8Os10. The van der Waals surface area contributed by atoms with Gasteiger partial charge in [0.2, 0.25) is 0 Å². The third-order valence-corrected chi connectivity index (χ3v) is 0. The van der Waals surface area contributed by atoms with Gasteiger partial charge < -0.3 is 502 Å². The first kappa shape index (κ1) is 16400. The summed E-state index contributed by atoms with van der Waals surface area (Å²) in [6.07, 6.45) is 0. The van der Waals surface area contributed by atoms with Gasteiger partial charge in [-0.25, -0.2) is 0 Å². The van der Waals surface area contributed by atoms with Crippen LogP contribution in [0.1, 0.15) is 0 Å². The molecule has 0 saturated carbocycles. The molecule has 0 aromatic carbocycles. The zero-order valence-electron chi connectivity index (χ0n) is 69.2. The van der Waals surface area contributed by atoms with Crippen LogP contribution in [0.5, 0.6) is 0 Å². The molecule has 0 unspecified atom stereocenters. The van der Waals surface area contributed by atoms with Crippen molar-refractivity contribution in [3.63, 3.8) is 0 Å². The molecule has 0 aromatic rings. The Kier molecular flexibility index (Phi) is 3300000. The molecule has 0 aliphatic rings. The van der Waals surface area contributed by atoms with E-state index in [1.165, 1.54) is 0 Å². The van der Waals surface area contributed by atoms with Gasteiger partial charge in [-0.15, -0.1) is 0 Å². The van der Waals surface area contributed by atoms with Crippen LogP contribution in [0.2, 0.25) is 0 Å². The molecule has 0 rings (SSSR count). The molecule has 0 spiro atoms. The van der Waals surface area contributed by atoms with E-state index in [9.17, 15) is 0 Å². The Labute approximate surface area is 692 Å². The second kappa shape index (κ2) is 15900. The third-order valence-electron chi connectivity index (χ3n) is 0. The van der Waals surface area contributed by atoms with Crippen LogP contribution in [-0.2, 0) is 198 Å². The molecule has 0 saturated heterocycles. The molecule has 0 atom stereocenters. The second-order valence-electron chi connectivity index (χ2n) is 0. The van der Waals surface area contributed by atoms with Crippen LogP contribution in [0.25, 0.3) is 49.2 Å². The maximum absolute atomic E-state index is 0. The van der Waals surface area contributed by atoms with Gasteiger partial charge in [0.1, 0.15) is 0 Å². The van der Waals surface area contributed by atoms with E-state index in [0.29, 0.717) is 0 Å². The Bertz CT molecular complexity index is 79.0. The van der Waals surface area contributed by atoms with Crippen molar-refractivity contribution < 1.29 is 198 Å². The predicted molar refractivity (Wildman–Crippen MR) is 434 cm³/mol. The summed E-state index contributed by atoms with van der Waals surface area (Å²) >= 11 is 0. The minimum absolute atomic E-state index is 0. The molecule has 0 aliphatic carbocycles. The van der Waals surface area contributed by atoms with E-state index in [1.807, 2.05) is 0 Å². The summed E-state index contributed by atoms with van der Waals surface area (Å²) in [7, 11) is 0. The van der Waals surface area contributed by atoms with Crippen molar-refractivity contribution in [2.24, 2.45) is 0 Å². The summed E-state index contributed by atoms with van der Waals surface area (Å²) in [4.78, 5) is 0. The van der Waals surface area contributed by atoms with Gasteiger partial charge in [-0.05, 0) is 0 Å².